The van der Waals surface area contributed by atoms with Gasteiger partial charge in [0.2, 0.25) is 0 Å². The number of aromatic nitrogens is 1. The van der Waals surface area contributed by atoms with E-state index in [0.717, 1.165) is 33.1 Å². The van der Waals surface area contributed by atoms with Crippen molar-refractivity contribution in [1.82, 2.24) is 4.98 Å². The zero-order valence-electron chi connectivity index (χ0n) is 10.1. The number of rotatable bonds is 1. The van der Waals surface area contributed by atoms with E-state index in [1.165, 1.54) is 0 Å². The minimum absolute atomic E-state index is 0.863. The molecular formula is C17H10NO. The summed E-state index contributed by atoms with van der Waals surface area (Å²) in [6, 6.07) is 19.1. The van der Waals surface area contributed by atoms with Crippen LogP contribution in [0.5, 0.6) is 0 Å². The zero-order chi connectivity index (χ0) is 12.7. The molecule has 0 saturated carbocycles. The molecule has 19 heavy (non-hydrogen) atoms. The van der Waals surface area contributed by atoms with Crippen LogP contribution >= 0.6 is 0 Å². The Morgan fingerprint density at radius 3 is 2.79 bits per heavy atom. The van der Waals surface area contributed by atoms with Crippen molar-refractivity contribution in [1.29, 1.82) is 0 Å². The van der Waals surface area contributed by atoms with Gasteiger partial charge in [0.15, 0.2) is 0 Å². The summed E-state index contributed by atoms with van der Waals surface area (Å²) < 4.78 is 5.86. The Hall–Kier alpha value is -2.61. The third-order valence-electron chi connectivity index (χ3n) is 3.31. The molecule has 0 spiro atoms. The molecule has 89 valence electrons. The molecule has 0 atom stereocenters. The predicted octanol–water partition coefficient (Wildman–Crippen LogP) is 4.45. The molecule has 1 radical (unpaired) electrons. The number of pyridine rings is 1. The van der Waals surface area contributed by atoms with Crippen molar-refractivity contribution in [2.75, 3.05) is 0 Å². The van der Waals surface area contributed by atoms with Crippen molar-refractivity contribution in [2.45, 2.75) is 0 Å². The molecule has 0 fully saturated rings. The molecule has 4 aromatic rings. The molecule has 2 aromatic carbocycles. The lowest BCUT2D eigenvalue weighted by Crippen LogP contribution is -1.80. The minimum atomic E-state index is 0.863. The number of hydrogen-bond acceptors (Lipinski definition) is 2. The van der Waals surface area contributed by atoms with Crippen molar-refractivity contribution < 1.29 is 4.42 Å². The number of para-hydroxylation sites is 1. The Morgan fingerprint density at radius 2 is 1.89 bits per heavy atom. The molecule has 4 rings (SSSR count). The predicted molar refractivity (Wildman–Crippen MR) is 75.8 cm³/mol. The number of fused-ring (bicyclic) bond motifs is 3. The van der Waals surface area contributed by atoms with Gasteiger partial charge in [-0.2, -0.15) is 0 Å². The molecule has 0 amide bonds. The lowest BCUT2D eigenvalue weighted by Gasteiger charge is -2.02. The molecule has 0 aliphatic carbocycles. The van der Waals surface area contributed by atoms with Crippen LogP contribution in [-0.2, 0) is 0 Å². The van der Waals surface area contributed by atoms with Crippen LogP contribution in [0.25, 0.3) is 33.1 Å². The summed E-state index contributed by atoms with van der Waals surface area (Å²) >= 11 is 0. The molecule has 0 aliphatic rings. The standard InChI is InChI=1S/C17H10NO/c1-2-8-15-14(6-1)17-13(7-3-9-16(17)19-15)12-5-4-10-18-11-12/h1-2,4-11H. The van der Waals surface area contributed by atoms with E-state index in [-0.39, 0.29) is 0 Å². The van der Waals surface area contributed by atoms with E-state index in [2.05, 4.69) is 23.2 Å². The largest absolute Gasteiger partial charge is 0.456 e. The lowest BCUT2D eigenvalue weighted by molar-refractivity contribution is 0.669. The van der Waals surface area contributed by atoms with Crippen LogP contribution in [-0.4, -0.2) is 4.98 Å². The van der Waals surface area contributed by atoms with Gasteiger partial charge < -0.3 is 4.42 Å². The summed E-state index contributed by atoms with van der Waals surface area (Å²) in [5.41, 5.74) is 3.95. The van der Waals surface area contributed by atoms with Crippen LogP contribution in [0.15, 0.2) is 65.3 Å². The summed E-state index contributed by atoms with van der Waals surface area (Å²) in [5.74, 6) is 0. The van der Waals surface area contributed by atoms with Gasteiger partial charge in [-0.05, 0) is 35.9 Å². The van der Waals surface area contributed by atoms with Crippen LogP contribution in [0.4, 0.5) is 0 Å². The summed E-state index contributed by atoms with van der Waals surface area (Å²) in [6.07, 6.45) is 3.64. The maximum atomic E-state index is 5.86. The first-order chi connectivity index (χ1) is 9.43. The Morgan fingerprint density at radius 1 is 0.947 bits per heavy atom. The Balaban J connectivity index is 2.17. The Bertz CT molecular complexity index is 862. The molecule has 2 heteroatoms. The molecule has 0 aliphatic heterocycles. The number of benzene rings is 2. The number of furan rings is 1. The molecule has 2 nitrogen and oxygen atoms in total. The fourth-order valence-electron chi connectivity index (χ4n) is 2.47. The maximum absolute atomic E-state index is 5.86. The molecular weight excluding hydrogens is 234 g/mol. The lowest BCUT2D eigenvalue weighted by atomic mass is 10.0. The first-order valence-corrected chi connectivity index (χ1v) is 6.15. The normalized spacial score (nSPS) is 11.2. The van der Waals surface area contributed by atoms with Crippen LogP contribution in [0.2, 0.25) is 0 Å². The summed E-state index contributed by atoms with van der Waals surface area (Å²) in [4.78, 5) is 4.19. The van der Waals surface area contributed by atoms with E-state index in [9.17, 15) is 0 Å². The summed E-state index contributed by atoms with van der Waals surface area (Å²) in [7, 11) is 0. The van der Waals surface area contributed by atoms with Gasteiger partial charge in [0.1, 0.15) is 11.2 Å². The van der Waals surface area contributed by atoms with Crippen molar-refractivity contribution in [3.05, 3.63) is 67.0 Å². The average molecular weight is 244 g/mol. The molecule has 0 unspecified atom stereocenters. The molecule has 0 bridgehead atoms. The first kappa shape index (κ1) is 10.3. The van der Waals surface area contributed by atoms with Crippen molar-refractivity contribution >= 4 is 21.9 Å². The molecule has 0 N–H and O–H groups in total. The Labute approximate surface area is 110 Å². The third kappa shape index (κ3) is 1.54. The van der Waals surface area contributed by atoms with Gasteiger partial charge in [-0.15, -0.1) is 0 Å². The molecule has 0 saturated heterocycles. The Kier molecular flexibility index (Phi) is 2.15. The topological polar surface area (TPSA) is 26.0 Å². The van der Waals surface area contributed by atoms with Gasteiger partial charge in [0.25, 0.3) is 0 Å². The molecule has 2 aromatic heterocycles. The summed E-state index contributed by atoms with van der Waals surface area (Å²) in [6.45, 7) is 0. The second-order valence-electron chi connectivity index (χ2n) is 4.45. The van der Waals surface area contributed by atoms with Crippen LogP contribution in [0, 0.1) is 6.07 Å². The monoisotopic (exact) mass is 244 g/mol. The fraction of sp³-hybridized carbons (Fsp3) is 0. The van der Waals surface area contributed by atoms with Gasteiger partial charge >= 0.3 is 0 Å². The van der Waals surface area contributed by atoms with Crippen LogP contribution in [0.1, 0.15) is 0 Å². The number of nitrogens with zero attached hydrogens (tertiary/aromatic N) is 1. The maximum Gasteiger partial charge on any atom is 0.136 e. The van der Waals surface area contributed by atoms with Gasteiger partial charge in [-0.25, -0.2) is 0 Å². The summed E-state index contributed by atoms with van der Waals surface area (Å²) in [5, 5.41) is 2.26. The van der Waals surface area contributed by atoms with Crippen molar-refractivity contribution in [3.8, 4) is 11.1 Å². The second-order valence-corrected chi connectivity index (χ2v) is 4.45. The van der Waals surface area contributed by atoms with Gasteiger partial charge in [-0.1, -0.05) is 24.3 Å². The SMILES string of the molecule is [c]1cc(-c2cccnc2)c2c(c1)oc1ccccc12. The van der Waals surface area contributed by atoms with Gasteiger partial charge in [0.05, 0.1) is 0 Å². The molecule has 2 heterocycles. The van der Waals surface area contributed by atoms with Crippen LogP contribution < -0.4 is 0 Å². The van der Waals surface area contributed by atoms with E-state index in [0.29, 0.717) is 0 Å². The van der Waals surface area contributed by atoms with Gasteiger partial charge in [0, 0.05) is 28.7 Å². The highest BCUT2D eigenvalue weighted by molar-refractivity contribution is 6.12. The van der Waals surface area contributed by atoms with Crippen LogP contribution in [0.3, 0.4) is 0 Å². The number of hydrogen-bond donors (Lipinski definition) is 0. The first-order valence-electron chi connectivity index (χ1n) is 6.15. The van der Waals surface area contributed by atoms with Gasteiger partial charge in [-0.3, -0.25) is 4.98 Å². The van der Waals surface area contributed by atoms with E-state index in [1.54, 1.807) is 6.20 Å². The average Bonchev–Trinajstić information content (AvgIpc) is 2.86. The minimum Gasteiger partial charge on any atom is -0.456 e. The van der Waals surface area contributed by atoms with E-state index in [4.69, 9.17) is 4.42 Å². The highest BCUT2D eigenvalue weighted by Crippen LogP contribution is 2.35. The van der Waals surface area contributed by atoms with E-state index < -0.39 is 0 Å². The van der Waals surface area contributed by atoms with E-state index in [1.807, 2.05) is 42.6 Å². The third-order valence-corrected chi connectivity index (χ3v) is 3.31. The zero-order valence-corrected chi connectivity index (χ0v) is 10.1. The quantitative estimate of drug-likeness (QED) is 0.494. The van der Waals surface area contributed by atoms with Crippen molar-refractivity contribution in [2.24, 2.45) is 0 Å². The highest BCUT2D eigenvalue weighted by Gasteiger charge is 2.11. The second kappa shape index (κ2) is 3.95. The smallest absolute Gasteiger partial charge is 0.136 e. The van der Waals surface area contributed by atoms with E-state index >= 15 is 0 Å². The highest BCUT2D eigenvalue weighted by atomic mass is 16.3. The van der Waals surface area contributed by atoms with Crippen molar-refractivity contribution in [3.63, 3.8) is 0 Å². The fourth-order valence-corrected chi connectivity index (χ4v) is 2.47.